The summed E-state index contributed by atoms with van der Waals surface area (Å²) in [7, 11) is 0. The molecule has 0 radical (unpaired) electrons. The van der Waals surface area contributed by atoms with E-state index in [2.05, 4.69) is 11.3 Å². The Labute approximate surface area is 102 Å². The van der Waals surface area contributed by atoms with Gasteiger partial charge >= 0.3 is 11.9 Å². The smallest absolute Gasteiger partial charge is 0.331 e. The molecule has 0 unspecified atom stereocenters. The first kappa shape index (κ1) is 15.2. The molecule has 0 rings (SSSR count). The van der Waals surface area contributed by atoms with E-state index in [1.54, 1.807) is 13.0 Å². The maximum atomic E-state index is 11.1. The lowest BCUT2D eigenvalue weighted by atomic mass is 10.2. The van der Waals surface area contributed by atoms with Gasteiger partial charge in [-0.3, -0.25) is 0 Å². The first-order valence-corrected chi connectivity index (χ1v) is 5.41. The molecule has 0 atom stereocenters. The predicted molar refractivity (Wildman–Crippen MR) is 65.3 cm³/mol. The first-order chi connectivity index (χ1) is 8.10. The molecule has 0 bridgehead atoms. The summed E-state index contributed by atoms with van der Waals surface area (Å²) < 4.78 is 9.46. The van der Waals surface area contributed by atoms with Crippen LogP contribution in [0.25, 0.3) is 0 Å². The molecule has 0 N–H and O–H groups in total. The van der Waals surface area contributed by atoms with Gasteiger partial charge in [-0.15, -0.1) is 0 Å². The summed E-state index contributed by atoms with van der Waals surface area (Å²) >= 11 is 0. The molecule has 0 aliphatic heterocycles. The van der Waals surface area contributed by atoms with Crippen LogP contribution in [0.15, 0.2) is 36.5 Å². The van der Waals surface area contributed by atoms with Gasteiger partial charge in [0.05, 0.1) is 13.2 Å². The second-order valence-electron chi connectivity index (χ2n) is 3.19. The Balaban J connectivity index is 3.80. The maximum absolute atomic E-state index is 11.1. The van der Waals surface area contributed by atoms with E-state index >= 15 is 0 Å². The molecule has 0 amide bonds. The molecule has 17 heavy (non-hydrogen) atoms. The molecule has 4 nitrogen and oxygen atoms in total. The van der Waals surface area contributed by atoms with Gasteiger partial charge in [-0.05, 0) is 13.8 Å². The minimum Gasteiger partial charge on any atom is -0.463 e. The van der Waals surface area contributed by atoms with Crippen molar-refractivity contribution < 1.29 is 19.1 Å². The third kappa shape index (κ3) is 9.11. The Hall–Kier alpha value is -1.84. The second kappa shape index (κ2) is 9.39. The summed E-state index contributed by atoms with van der Waals surface area (Å²) in [6.07, 6.45) is 6.37. The van der Waals surface area contributed by atoms with Crippen molar-refractivity contribution >= 4 is 11.9 Å². The standard InChI is InChI=1S/C13H18O4/c1-4-11(3)7-6-10-17-13(15)9-8-12(14)16-5-2/h4,7-9H,1,5-6,10H2,2-3H3/b9-8+,11-7+. The highest BCUT2D eigenvalue weighted by atomic mass is 16.5. The highest BCUT2D eigenvalue weighted by Gasteiger charge is 1.99. The number of hydrogen-bond donors (Lipinski definition) is 0. The van der Waals surface area contributed by atoms with E-state index in [1.165, 1.54) is 0 Å². The molecule has 0 saturated heterocycles. The number of hydrogen-bond acceptors (Lipinski definition) is 4. The number of esters is 2. The Morgan fingerprint density at radius 1 is 1.18 bits per heavy atom. The molecule has 0 aliphatic carbocycles. The maximum Gasteiger partial charge on any atom is 0.331 e. The molecule has 94 valence electrons. The topological polar surface area (TPSA) is 52.6 Å². The second-order valence-corrected chi connectivity index (χ2v) is 3.19. The number of carbonyl (C=O) groups is 2. The summed E-state index contributed by atoms with van der Waals surface area (Å²) in [5.41, 5.74) is 1.03. The van der Waals surface area contributed by atoms with Crippen LogP contribution in [0.1, 0.15) is 20.3 Å². The Bertz CT molecular complexity index is 326. The van der Waals surface area contributed by atoms with Crippen LogP contribution in [0.4, 0.5) is 0 Å². The average molecular weight is 238 g/mol. The minimum absolute atomic E-state index is 0.275. The third-order valence-corrected chi connectivity index (χ3v) is 1.79. The zero-order valence-electron chi connectivity index (χ0n) is 10.3. The van der Waals surface area contributed by atoms with Crippen LogP contribution in [0.2, 0.25) is 0 Å². The van der Waals surface area contributed by atoms with Crippen LogP contribution in [0.5, 0.6) is 0 Å². The van der Waals surface area contributed by atoms with Gasteiger partial charge in [0.25, 0.3) is 0 Å². The summed E-state index contributed by atoms with van der Waals surface area (Å²) in [4.78, 5) is 22.0. The minimum atomic E-state index is -0.553. The fourth-order valence-corrected chi connectivity index (χ4v) is 0.904. The van der Waals surface area contributed by atoms with E-state index in [4.69, 9.17) is 4.74 Å². The zero-order valence-corrected chi connectivity index (χ0v) is 10.3. The van der Waals surface area contributed by atoms with E-state index in [9.17, 15) is 9.59 Å². The Kier molecular flexibility index (Phi) is 8.37. The quantitative estimate of drug-likeness (QED) is 0.295. The summed E-state index contributed by atoms with van der Waals surface area (Å²) in [5, 5.41) is 0. The van der Waals surface area contributed by atoms with Crippen molar-refractivity contribution in [1.82, 2.24) is 0 Å². The molecule has 0 aliphatic rings. The normalized spacial score (nSPS) is 11.3. The summed E-state index contributed by atoms with van der Waals surface area (Å²) in [6.45, 7) is 7.76. The molecule has 0 aromatic carbocycles. The molecular formula is C13H18O4. The molecule has 0 aromatic rings. The fraction of sp³-hybridized carbons (Fsp3) is 0.385. The van der Waals surface area contributed by atoms with Crippen molar-refractivity contribution in [3.63, 3.8) is 0 Å². The highest BCUT2D eigenvalue weighted by Crippen LogP contribution is 1.96. The Morgan fingerprint density at radius 2 is 1.76 bits per heavy atom. The molecule has 0 aromatic heterocycles. The summed E-state index contributed by atoms with van der Waals surface area (Å²) in [5.74, 6) is -1.10. The van der Waals surface area contributed by atoms with Crippen molar-refractivity contribution in [1.29, 1.82) is 0 Å². The van der Waals surface area contributed by atoms with Crippen molar-refractivity contribution in [2.75, 3.05) is 13.2 Å². The van der Waals surface area contributed by atoms with E-state index in [0.717, 1.165) is 17.7 Å². The lowest BCUT2D eigenvalue weighted by Crippen LogP contribution is -2.04. The number of allylic oxidation sites excluding steroid dienone is 2. The highest BCUT2D eigenvalue weighted by molar-refractivity contribution is 5.91. The van der Waals surface area contributed by atoms with Gasteiger partial charge in [-0.2, -0.15) is 0 Å². The molecule has 0 spiro atoms. The van der Waals surface area contributed by atoms with E-state index < -0.39 is 11.9 Å². The monoisotopic (exact) mass is 238 g/mol. The lowest BCUT2D eigenvalue weighted by Gasteiger charge is -1.99. The largest absolute Gasteiger partial charge is 0.463 e. The Morgan fingerprint density at radius 3 is 2.29 bits per heavy atom. The van der Waals surface area contributed by atoms with Crippen molar-refractivity contribution in [2.45, 2.75) is 20.3 Å². The van der Waals surface area contributed by atoms with Gasteiger partial charge in [0.1, 0.15) is 0 Å². The van der Waals surface area contributed by atoms with Crippen molar-refractivity contribution in [3.8, 4) is 0 Å². The van der Waals surface area contributed by atoms with Crippen LogP contribution in [-0.4, -0.2) is 25.2 Å². The van der Waals surface area contributed by atoms with Gasteiger partial charge in [-0.25, -0.2) is 9.59 Å². The van der Waals surface area contributed by atoms with Crippen LogP contribution < -0.4 is 0 Å². The molecule has 0 fully saturated rings. The molecular weight excluding hydrogens is 220 g/mol. The van der Waals surface area contributed by atoms with E-state index in [1.807, 2.05) is 13.0 Å². The SMILES string of the molecule is C=C/C(C)=C/CCOC(=O)/C=C/C(=O)OCC. The van der Waals surface area contributed by atoms with Crippen LogP contribution in [0, 0.1) is 0 Å². The number of carbonyl (C=O) groups excluding carboxylic acids is 2. The number of ether oxygens (including phenoxy) is 2. The third-order valence-electron chi connectivity index (χ3n) is 1.79. The molecule has 4 heteroatoms. The fourth-order valence-electron chi connectivity index (χ4n) is 0.904. The van der Waals surface area contributed by atoms with Crippen LogP contribution in [-0.2, 0) is 19.1 Å². The molecule has 0 saturated carbocycles. The predicted octanol–water partition coefficient (Wildman–Crippen LogP) is 2.17. The van der Waals surface area contributed by atoms with E-state index in [-0.39, 0.29) is 13.2 Å². The van der Waals surface area contributed by atoms with Crippen LogP contribution >= 0.6 is 0 Å². The van der Waals surface area contributed by atoms with Gasteiger partial charge in [-0.1, -0.05) is 24.3 Å². The molecule has 0 heterocycles. The van der Waals surface area contributed by atoms with E-state index in [0.29, 0.717) is 6.42 Å². The van der Waals surface area contributed by atoms with Gasteiger partial charge in [0.15, 0.2) is 0 Å². The van der Waals surface area contributed by atoms with Crippen LogP contribution in [0.3, 0.4) is 0 Å². The lowest BCUT2D eigenvalue weighted by molar-refractivity contribution is -0.140. The van der Waals surface area contributed by atoms with Gasteiger partial charge in [0, 0.05) is 18.6 Å². The zero-order chi connectivity index (χ0) is 13.1. The summed E-state index contributed by atoms with van der Waals surface area (Å²) in [6, 6.07) is 0. The first-order valence-electron chi connectivity index (χ1n) is 5.41. The van der Waals surface area contributed by atoms with Crippen molar-refractivity contribution in [3.05, 3.63) is 36.5 Å². The van der Waals surface area contributed by atoms with Crippen molar-refractivity contribution in [2.24, 2.45) is 0 Å². The van der Waals surface area contributed by atoms with Gasteiger partial charge in [0.2, 0.25) is 0 Å². The number of rotatable bonds is 7. The average Bonchev–Trinajstić information content (AvgIpc) is 2.32. The van der Waals surface area contributed by atoms with Gasteiger partial charge < -0.3 is 9.47 Å².